The minimum Gasteiger partial charge on any atom is -0.249 e. The highest BCUT2D eigenvalue weighted by atomic mass is 35.5. The summed E-state index contributed by atoms with van der Waals surface area (Å²) in [6.07, 6.45) is 9.08. The third-order valence-corrected chi connectivity index (χ3v) is 3.92. The number of hydrogen-bond donors (Lipinski definition) is 2. The molecule has 0 spiro atoms. The Morgan fingerprint density at radius 2 is 2.00 bits per heavy atom. The Morgan fingerprint density at radius 1 is 1.28 bits per heavy atom. The Balaban J connectivity index is 2.45. The van der Waals surface area contributed by atoms with Crippen molar-refractivity contribution in [3.8, 4) is 0 Å². The van der Waals surface area contributed by atoms with Gasteiger partial charge in [0.1, 0.15) is 5.50 Å². The van der Waals surface area contributed by atoms with Crippen LogP contribution in [0.25, 0.3) is 0 Å². The van der Waals surface area contributed by atoms with Crippen LogP contribution in [0, 0.1) is 5.92 Å². The van der Waals surface area contributed by atoms with E-state index in [-0.39, 0.29) is 5.50 Å². The van der Waals surface area contributed by atoms with Crippen LogP contribution in [-0.4, -0.2) is 11.5 Å². The first-order valence-electron chi connectivity index (χ1n) is 7.05. The molecule has 1 aliphatic rings. The summed E-state index contributed by atoms with van der Waals surface area (Å²) in [6, 6.07) is 0.380. The summed E-state index contributed by atoms with van der Waals surface area (Å²) >= 11 is 6.21. The van der Waals surface area contributed by atoms with Crippen molar-refractivity contribution < 1.29 is 0 Å². The van der Waals surface area contributed by atoms with Gasteiger partial charge in [-0.2, -0.15) is 0 Å². The van der Waals surface area contributed by atoms with Crippen molar-refractivity contribution in [3.05, 3.63) is 23.3 Å². The van der Waals surface area contributed by atoms with Crippen LogP contribution >= 0.6 is 11.6 Å². The molecule has 0 saturated carbocycles. The van der Waals surface area contributed by atoms with Gasteiger partial charge in [0, 0.05) is 6.04 Å². The van der Waals surface area contributed by atoms with Crippen molar-refractivity contribution in [1.29, 1.82) is 0 Å². The highest BCUT2D eigenvalue weighted by Gasteiger charge is 2.23. The second-order valence-corrected chi connectivity index (χ2v) is 5.88. The van der Waals surface area contributed by atoms with Gasteiger partial charge in [-0.25, -0.2) is 10.9 Å². The van der Waals surface area contributed by atoms with Crippen molar-refractivity contribution in [2.24, 2.45) is 5.92 Å². The number of nitrogens with one attached hydrogen (secondary N) is 2. The molecule has 0 aromatic heterocycles. The van der Waals surface area contributed by atoms with Crippen molar-refractivity contribution in [1.82, 2.24) is 10.9 Å². The average molecular weight is 271 g/mol. The molecule has 2 unspecified atom stereocenters. The van der Waals surface area contributed by atoms with Crippen LogP contribution in [0.4, 0.5) is 0 Å². The molecule has 2 N–H and O–H groups in total. The summed E-state index contributed by atoms with van der Waals surface area (Å²) in [4.78, 5) is 0. The zero-order valence-electron chi connectivity index (χ0n) is 12.1. The Labute approximate surface area is 117 Å². The fraction of sp³-hybridized carbons (Fsp3) is 0.733. The van der Waals surface area contributed by atoms with E-state index in [9.17, 15) is 0 Å². The third kappa shape index (κ3) is 4.75. The molecule has 0 radical (unpaired) electrons. The van der Waals surface area contributed by atoms with Crippen molar-refractivity contribution in [3.63, 3.8) is 0 Å². The monoisotopic (exact) mass is 270 g/mol. The molecule has 0 aromatic rings. The molecule has 0 aromatic carbocycles. The van der Waals surface area contributed by atoms with E-state index in [1.54, 1.807) is 0 Å². The summed E-state index contributed by atoms with van der Waals surface area (Å²) in [5, 5.41) is 0. The first kappa shape index (κ1) is 15.7. The zero-order chi connectivity index (χ0) is 13.5. The summed E-state index contributed by atoms with van der Waals surface area (Å²) in [6.45, 7) is 8.88. The van der Waals surface area contributed by atoms with Crippen LogP contribution in [-0.2, 0) is 0 Å². The van der Waals surface area contributed by atoms with E-state index in [0.29, 0.717) is 6.04 Å². The van der Waals surface area contributed by atoms with Crippen LogP contribution < -0.4 is 10.9 Å². The molecule has 1 aliphatic heterocycles. The van der Waals surface area contributed by atoms with E-state index in [1.807, 2.05) is 0 Å². The molecule has 18 heavy (non-hydrogen) atoms. The van der Waals surface area contributed by atoms with Crippen LogP contribution in [0.3, 0.4) is 0 Å². The van der Waals surface area contributed by atoms with E-state index in [1.165, 1.54) is 24.0 Å². The second-order valence-electron chi connectivity index (χ2n) is 5.44. The third-order valence-electron chi connectivity index (χ3n) is 3.55. The largest absolute Gasteiger partial charge is 0.249 e. The van der Waals surface area contributed by atoms with Gasteiger partial charge in [-0.05, 0) is 44.1 Å². The molecule has 2 nitrogen and oxygen atoms in total. The molecule has 0 aliphatic carbocycles. The van der Waals surface area contributed by atoms with Gasteiger partial charge < -0.3 is 0 Å². The molecular formula is C15H27ClN2. The van der Waals surface area contributed by atoms with Gasteiger partial charge in [0.15, 0.2) is 0 Å². The zero-order valence-corrected chi connectivity index (χ0v) is 12.8. The van der Waals surface area contributed by atoms with Crippen molar-refractivity contribution in [2.75, 3.05) is 0 Å². The molecule has 0 bridgehead atoms. The normalized spacial score (nSPS) is 25.4. The van der Waals surface area contributed by atoms with Crippen LogP contribution in [0.15, 0.2) is 23.3 Å². The second kappa shape index (κ2) is 7.98. The summed E-state index contributed by atoms with van der Waals surface area (Å²) in [5.41, 5.74) is 9.10. The maximum absolute atomic E-state index is 6.21. The maximum Gasteiger partial charge on any atom is 0.117 e. The number of halogens is 1. The molecule has 2 atom stereocenters. The van der Waals surface area contributed by atoms with Gasteiger partial charge in [0.05, 0.1) is 0 Å². The van der Waals surface area contributed by atoms with Gasteiger partial charge in [-0.1, -0.05) is 50.1 Å². The average Bonchev–Trinajstić information content (AvgIpc) is 2.31. The summed E-state index contributed by atoms with van der Waals surface area (Å²) < 4.78 is 0. The first-order chi connectivity index (χ1) is 8.56. The highest BCUT2D eigenvalue weighted by Crippen LogP contribution is 2.23. The molecule has 0 saturated heterocycles. The Hall–Kier alpha value is -0.310. The summed E-state index contributed by atoms with van der Waals surface area (Å²) in [7, 11) is 0. The quantitative estimate of drug-likeness (QED) is 0.431. The Bertz CT molecular complexity index is 308. The molecule has 1 rings (SSSR count). The van der Waals surface area contributed by atoms with Gasteiger partial charge in [-0.3, -0.25) is 0 Å². The minimum atomic E-state index is -0.0591. The van der Waals surface area contributed by atoms with Crippen molar-refractivity contribution >= 4 is 11.6 Å². The maximum atomic E-state index is 6.21. The topological polar surface area (TPSA) is 24.1 Å². The Morgan fingerprint density at radius 3 is 2.61 bits per heavy atom. The highest BCUT2D eigenvalue weighted by molar-refractivity contribution is 6.22. The number of hydrazine groups is 1. The standard InChI is InChI=1S/C15H27ClN2/c1-5-13-12(4)14(17-18-15(13)16)10-8-6-7-9-11(2)3/h6,8,11,14-15,17-18H,5,7,9-10H2,1-4H3/b8-6+. The molecule has 1 heterocycles. The lowest BCUT2D eigenvalue weighted by Crippen LogP contribution is -2.50. The van der Waals surface area contributed by atoms with Crippen molar-refractivity contribution in [2.45, 2.75) is 64.9 Å². The Kier molecular flexibility index (Phi) is 6.98. The van der Waals surface area contributed by atoms with Gasteiger partial charge >= 0.3 is 0 Å². The van der Waals surface area contributed by atoms with E-state index in [4.69, 9.17) is 11.6 Å². The van der Waals surface area contributed by atoms with Crippen LogP contribution in [0.1, 0.15) is 53.4 Å². The van der Waals surface area contributed by atoms with Gasteiger partial charge in [-0.15, -0.1) is 0 Å². The van der Waals surface area contributed by atoms with Gasteiger partial charge in [0.25, 0.3) is 0 Å². The predicted octanol–water partition coefficient (Wildman–Crippen LogP) is 4.14. The number of hydrogen-bond acceptors (Lipinski definition) is 2. The molecule has 0 fully saturated rings. The lowest BCUT2D eigenvalue weighted by Gasteiger charge is -2.31. The smallest absolute Gasteiger partial charge is 0.117 e. The fourth-order valence-electron chi connectivity index (χ4n) is 2.27. The van der Waals surface area contributed by atoms with Crippen LogP contribution in [0.2, 0.25) is 0 Å². The van der Waals surface area contributed by atoms with Crippen LogP contribution in [0.5, 0.6) is 0 Å². The molecular weight excluding hydrogens is 244 g/mol. The number of rotatable bonds is 6. The molecule has 3 heteroatoms. The lowest BCUT2D eigenvalue weighted by molar-refractivity contribution is 0.430. The first-order valence-corrected chi connectivity index (χ1v) is 7.49. The van der Waals surface area contributed by atoms with E-state index >= 15 is 0 Å². The SMILES string of the molecule is CCC1=C(C)C(C/C=C/CCC(C)C)NNC1Cl. The number of allylic oxidation sites excluding steroid dienone is 1. The number of alkyl halides is 1. The predicted molar refractivity (Wildman–Crippen MR) is 80.5 cm³/mol. The van der Waals surface area contributed by atoms with E-state index < -0.39 is 0 Å². The molecule has 0 amide bonds. The van der Waals surface area contributed by atoms with E-state index in [0.717, 1.165) is 18.8 Å². The molecule has 104 valence electrons. The van der Waals surface area contributed by atoms with E-state index in [2.05, 4.69) is 50.7 Å². The fourth-order valence-corrected chi connectivity index (χ4v) is 2.66. The minimum absolute atomic E-state index is 0.0591. The van der Waals surface area contributed by atoms with Gasteiger partial charge in [0.2, 0.25) is 0 Å². The summed E-state index contributed by atoms with van der Waals surface area (Å²) in [5.74, 6) is 0.787. The lowest BCUT2D eigenvalue weighted by atomic mass is 9.96.